The van der Waals surface area contributed by atoms with Crippen LogP contribution in [0.4, 0.5) is 0 Å². The molecule has 2 atom stereocenters. The van der Waals surface area contributed by atoms with Gasteiger partial charge in [-0.15, -0.1) is 0 Å². The van der Waals surface area contributed by atoms with Crippen molar-refractivity contribution >= 4 is 19.8 Å². The van der Waals surface area contributed by atoms with Gasteiger partial charge in [0, 0.05) is 19.4 Å². The van der Waals surface area contributed by atoms with Crippen LogP contribution in [-0.2, 0) is 32.7 Å². The van der Waals surface area contributed by atoms with E-state index < -0.39 is 26.5 Å². The minimum Gasteiger partial charge on any atom is -0.462 e. The molecule has 0 spiro atoms. The number of phosphoric ester groups is 1. The van der Waals surface area contributed by atoms with Crippen LogP contribution in [0.2, 0.25) is 0 Å². The normalized spacial score (nSPS) is 13.6. The summed E-state index contributed by atoms with van der Waals surface area (Å²) in [7, 11) is -4.37. The van der Waals surface area contributed by atoms with Gasteiger partial charge in [-0.25, -0.2) is 4.57 Å². The Labute approximate surface area is 306 Å². The molecule has 0 saturated heterocycles. The molecule has 0 aromatic heterocycles. The van der Waals surface area contributed by atoms with Gasteiger partial charge < -0.3 is 20.1 Å². The molecule has 0 rings (SSSR count). The Kier molecular flexibility index (Phi) is 36.1. The highest BCUT2D eigenvalue weighted by atomic mass is 31.2. The van der Waals surface area contributed by atoms with E-state index >= 15 is 0 Å². The fourth-order valence-electron chi connectivity index (χ4n) is 5.55. The summed E-state index contributed by atoms with van der Waals surface area (Å²) in [5.41, 5.74) is 5.33. The van der Waals surface area contributed by atoms with E-state index in [1.165, 1.54) is 103 Å². The number of carbonyl (C=O) groups is 2. The van der Waals surface area contributed by atoms with Crippen molar-refractivity contribution in [1.82, 2.24) is 0 Å². The van der Waals surface area contributed by atoms with Crippen molar-refractivity contribution in [1.29, 1.82) is 0 Å². The number of carbonyl (C=O) groups excluding carboxylic acids is 2. The summed E-state index contributed by atoms with van der Waals surface area (Å²) < 4.78 is 32.6. The molecule has 294 valence electrons. The van der Waals surface area contributed by atoms with Crippen molar-refractivity contribution in [2.45, 2.75) is 193 Å². The number of unbranched alkanes of at least 4 members (excludes halogenated alkanes) is 21. The number of phosphoric acid groups is 1. The molecule has 0 amide bonds. The van der Waals surface area contributed by atoms with Crippen LogP contribution in [0, 0.1) is 0 Å². The van der Waals surface area contributed by atoms with Crippen LogP contribution in [-0.4, -0.2) is 49.3 Å². The lowest BCUT2D eigenvalue weighted by Gasteiger charge is -2.19. The molecular weight excluding hydrogens is 653 g/mol. The second-order valence-corrected chi connectivity index (χ2v) is 15.0. The third-order valence-electron chi connectivity index (χ3n) is 8.59. The Hall–Kier alpha value is -1.51. The molecule has 10 heteroatoms. The van der Waals surface area contributed by atoms with Crippen molar-refractivity contribution in [3.63, 3.8) is 0 Å². The molecule has 50 heavy (non-hydrogen) atoms. The van der Waals surface area contributed by atoms with Crippen molar-refractivity contribution in [3.05, 3.63) is 24.3 Å². The van der Waals surface area contributed by atoms with E-state index in [2.05, 4.69) is 38.2 Å². The molecule has 0 bridgehead atoms. The molecular formula is C40H76NO8P. The zero-order chi connectivity index (χ0) is 36.8. The van der Waals surface area contributed by atoms with Crippen LogP contribution < -0.4 is 5.73 Å². The third-order valence-corrected chi connectivity index (χ3v) is 9.57. The number of hydrogen-bond donors (Lipinski definition) is 2. The molecule has 0 saturated carbocycles. The molecule has 0 heterocycles. The third kappa shape index (κ3) is 36.3. The van der Waals surface area contributed by atoms with Gasteiger partial charge in [0.2, 0.25) is 0 Å². The summed E-state index contributed by atoms with van der Waals surface area (Å²) >= 11 is 0. The average molecular weight is 730 g/mol. The lowest BCUT2D eigenvalue weighted by Crippen LogP contribution is -2.29. The maximum absolute atomic E-state index is 12.5. The van der Waals surface area contributed by atoms with E-state index in [0.717, 1.165) is 51.4 Å². The van der Waals surface area contributed by atoms with Crippen molar-refractivity contribution < 1.29 is 37.6 Å². The SMILES string of the molecule is CCCCCCC/C=C\C/C=C\CCCCCCCCCCCC(=O)OC(COC(=O)CCCCCCCCCC)COP(=O)(O)OCCN. The number of allylic oxidation sites excluding steroid dienone is 4. The second-order valence-electron chi connectivity index (χ2n) is 13.5. The molecule has 0 aromatic rings. The number of esters is 2. The van der Waals surface area contributed by atoms with Gasteiger partial charge in [-0.1, -0.05) is 154 Å². The second kappa shape index (κ2) is 37.3. The molecule has 0 aliphatic rings. The zero-order valence-corrected chi connectivity index (χ0v) is 33.0. The van der Waals surface area contributed by atoms with E-state index in [0.29, 0.717) is 6.42 Å². The molecule has 9 nitrogen and oxygen atoms in total. The van der Waals surface area contributed by atoms with Crippen LogP contribution in [0.25, 0.3) is 0 Å². The van der Waals surface area contributed by atoms with E-state index in [9.17, 15) is 19.0 Å². The van der Waals surface area contributed by atoms with Crippen LogP contribution in [0.15, 0.2) is 24.3 Å². The quantitative estimate of drug-likeness (QED) is 0.0275. The Morgan fingerprint density at radius 3 is 1.52 bits per heavy atom. The van der Waals surface area contributed by atoms with Crippen molar-refractivity contribution in [2.24, 2.45) is 5.73 Å². The fourth-order valence-corrected chi connectivity index (χ4v) is 6.31. The molecule has 0 aliphatic carbocycles. The van der Waals surface area contributed by atoms with E-state index in [4.69, 9.17) is 24.3 Å². The van der Waals surface area contributed by atoms with Gasteiger partial charge in [0.15, 0.2) is 6.10 Å². The molecule has 3 N–H and O–H groups in total. The summed E-state index contributed by atoms with van der Waals surface area (Å²) in [5.74, 6) is -0.835. The van der Waals surface area contributed by atoms with E-state index in [1.54, 1.807) is 0 Å². The Morgan fingerprint density at radius 2 is 1.04 bits per heavy atom. The summed E-state index contributed by atoms with van der Waals surface area (Å²) in [6, 6.07) is 0. The largest absolute Gasteiger partial charge is 0.472 e. The van der Waals surface area contributed by atoms with Gasteiger partial charge in [0.05, 0.1) is 13.2 Å². The van der Waals surface area contributed by atoms with Gasteiger partial charge in [0.1, 0.15) is 6.61 Å². The van der Waals surface area contributed by atoms with Gasteiger partial charge in [-0.2, -0.15) is 0 Å². The minimum absolute atomic E-state index is 0.0539. The summed E-state index contributed by atoms with van der Waals surface area (Å²) in [6.07, 6.45) is 37.9. The van der Waals surface area contributed by atoms with Gasteiger partial charge >= 0.3 is 19.8 Å². The highest BCUT2D eigenvalue weighted by Crippen LogP contribution is 2.43. The summed E-state index contributed by atoms with van der Waals surface area (Å²) in [6.45, 7) is 3.68. The smallest absolute Gasteiger partial charge is 0.462 e. The first kappa shape index (κ1) is 48.5. The first-order valence-corrected chi connectivity index (χ1v) is 21.8. The first-order valence-electron chi connectivity index (χ1n) is 20.3. The van der Waals surface area contributed by atoms with Crippen LogP contribution in [0.1, 0.15) is 187 Å². The minimum atomic E-state index is -4.37. The lowest BCUT2D eigenvalue weighted by atomic mass is 10.1. The Morgan fingerprint density at radius 1 is 0.600 bits per heavy atom. The van der Waals surface area contributed by atoms with E-state index in [-0.39, 0.29) is 38.6 Å². The molecule has 0 aromatic carbocycles. The maximum Gasteiger partial charge on any atom is 0.472 e. The molecule has 0 aliphatic heterocycles. The van der Waals surface area contributed by atoms with Crippen LogP contribution in [0.5, 0.6) is 0 Å². The number of hydrogen-bond acceptors (Lipinski definition) is 8. The summed E-state index contributed by atoms with van der Waals surface area (Å²) in [5, 5.41) is 0. The fraction of sp³-hybridized carbons (Fsp3) is 0.850. The number of nitrogens with two attached hydrogens (primary N) is 1. The average Bonchev–Trinajstić information content (AvgIpc) is 3.10. The van der Waals surface area contributed by atoms with Gasteiger partial charge in [-0.3, -0.25) is 18.6 Å². The van der Waals surface area contributed by atoms with Gasteiger partial charge in [-0.05, 0) is 44.9 Å². The Balaban J connectivity index is 4.08. The Bertz CT molecular complexity index is 881. The molecule has 2 unspecified atom stereocenters. The number of rotatable bonds is 38. The van der Waals surface area contributed by atoms with Crippen molar-refractivity contribution in [2.75, 3.05) is 26.4 Å². The van der Waals surface area contributed by atoms with Gasteiger partial charge in [0.25, 0.3) is 0 Å². The standard InChI is InChI=1S/C40H76NO8P/c1-3-5-7-9-11-13-14-15-16-17-18-19-20-21-22-23-24-25-27-29-31-33-40(43)49-38(37-48-50(44,45)47-35-34-41)36-46-39(42)32-30-28-26-12-10-8-6-4-2/h14-15,17-18,38H,3-13,16,19-37,41H2,1-2H3,(H,44,45)/b15-14-,18-17-. The highest BCUT2D eigenvalue weighted by Gasteiger charge is 2.26. The van der Waals surface area contributed by atoms with Crippen molar-refractivity contribution in [3.8, 4) is 0 Å². The first-order chi connectivity index (χ1) is 24.3. The van der Waals surface area contributed by atoms with Crippen LogP contribution in [0.3, 0.4) is 0 Å². The topological polar surface area (TPSA) is 134 Å². The zero-order valence-electron chi connectivity index (χ0n) is 32.1. The monoisotopic (exact) mass is 730 g/mol. The van der Waals surface area contributed by atoms with Crippen LogP contribution >= 0.6 is 7.82 Å². The predicted molar refractivity (Wildman–Crippen MR) is 206 cm³/mol. The lowest BCUT2D eigenvalue weighted by molar-refractivity contribution is -0.161. The predicted octanol–water partition coefficient (Wildman–Crippen LogP) is 11.2. The maximum atomic E-state index is 12.5. The van der Waals surface area contributed by atoms with E-state index in [1.807, 2.05) is 0 Å². The molecule has 0 fully saturated rings. The molecule has 0 radical (unpaired) electrons. The number of ether oxygens (including phenoxy) is 2. The summed E-state index contributed by atoms with van der Waals surface area (Å²) in [4.78, 5) is 34.6. The highest BCUT2D eigenvalue weighted by molar-refractivity contribution is 7.47.